The Labute approximate surface area is 128 Å². The van der Waals surface area contributed by atoms with Crippen LogP contribution in [-0.4, -0.2) is 27.4 Å². The number of methoxy groups -OCH3 is 2. The molecule has 5 nitrogen and oxygen atoms in total. The molecule has 3 N–H and O–H groups in total. The third-order valence-electron chi connectivity index (χ3n) is 2.99. The van der Waals surface area contributed by atoms with Gasteiger partial charge in [-0.05, 0) is 40.9 Å². The second-order valence-corrected chi connectivity index (χ2v) is 5.12. The fraction of sp³-hybridized carbons (Fsp3) is 0.571. The van der Waals surface area contributed by atoms with Crippen LogP contribution >= 0.6 is 15.9 Å². The summed E-state index contributed by atoms with van der Waals surface area (Å²) in [6.45, 7) is 3.50. The Bertz CT molecular complexity index is 416. The Morgan fingerprint density at radius 2 is 2.00 bits per heavy atom. The highest BCUT2D eigenvalue weighted by atomic mass is 79.9. The van der Waals surface area contributed by atoms with E-state index in [0.29, 0.717) is 6.61 Å². The van der Waals surface area contributed by atoms with E-state index >= 15 is 0 Å². The summed E-state index contributed by atoms with van der Waals surface area (Å²) in [5.41, 5.74) is 3.79. The van der Waals surface area contributed by atoms with E-state index in [1.807, 2.05) is 12.1 Å². The standard InChI is InChI=1S/C14H23BrN2O3/c1-4-8-20-9-7-11(17-16)10-5-6-12(18-2)13(15)14(10)19-3/h5-6,11,17H,4,7-9,16H2,1-3H3. The molecule has 0 aliphatic heterocycles. The Kier molecular flexibility index (Phi) is 7.91. The molecular formula is C14H23BrN2O3. The molecule has 0 spiro atoms. The highest BCUT2D eigenvalue weighted by Gasteiger charge is 2.19. The topological polar surface area (TPSA) is 65.7 Å². The maximum atomic E-state index is 5.66. The number of hydrazine groups is 1. The number of hydrogen-bond donors (Lipinski definition) is 2. The summed E-state index contributed by atoms with van der Waals surface area (Å²) in [7, 11) is 3.25. The molecule has 0 saturated carbocycles. The van der Waals surface area contributed by atoms with E-state index in [9.17, 15) is 0 Å². The predicted molar refractivity (Wildman–Crippen MR) is 83.0 cm³/mol. The van der Waals surface area contributed by atoms with Gasteiger partial charge in [-0.1, -0.05) is 6.92 Å². The van der Waals surface area contributed by atoms with Crippen LogP contribution in [0.3, 0.4) is 0 Å². The molecule has 0 aliphatic rings. The summed E-state index contributed by atoms with van der Waals surface area (Å²) in [6.07, 6.45) is 1.78. The first-order valence-electron chi connectivity index (χ1n) is 6.63. The van der Waals surface area contributed by atoms with Gasteiger partial charge < -0.3 is 14.2 Å². The molecule has 6 heteroatoms. The minimum absolute atomic E-state index is 0.0380. The van der Waals surface area contributed by atoms with Gasteiger partial charge in [-0.2, -0.15) is 0 Å². The number of hydrogen-bond acceptors (Lipinski definition) is 5. The summed E-state index contributed by atoms with van der Waals surface area (Å²) < 4.78 is 17.0. The van der Waals surface area contributed by atoms with Gasteiger partial charge in [0.05, 0.1) is 20.3 Å². The minimum Gasteiger partial charge on any atom is -0.495 e. The van der Waals surface area contributed by atoms with Crippen LogP contribution in [0.2, 0.25) is 0 Å². The highest BCUT2D eigenvalue weighted by molar-refractivity contribution is 9.10. The summed E-state index contributed by atoms with van der Waals surface area (Å²) in [4.78, 5) is 0. The van der Waals surface area contributed by atoms with Crippen LogP contribution in [0.25, 0.3) is 0 Å². The maximum Gasteiger partial charge on any atom is 0.141 e. The van der Waals surface area contributed by atoms with Crippen molar-refractivity contribution in [2.24, 2.45) is 5.84 Å². The second kappa shape index (κ2) is 9.18. The van der Waals surface area contributed by atoms with Gasteiger partial charge in [0.1, 0.15) is 16.0 Å². The molecule has 1 aromatic carbocycles. The van der Waals surface area contributed by atoms with E-state index in [1.165, 1.54) is 0 Å². The lowest BCUT2D eigenvalue weighted by Gasteiger charge is -2.21. The first-order valence-corrected chi connectivity index (χ1v) is 7.43. The lowest BCUT2D eigenvalue weighted by atomic mass is 10.0. The van der Waals surface area contributed by atoms with Crippen LogP contribution in [-0.2, 0) is 4.74 Å². The van der Waals surface area contributed by atoms with Crippen molar-refractivity contribution in [3.8, 4) is 11.5 Å². The Morgan fingerprint density at radius 1 is 1.25 bits per heavy atom. The fourth-order valence-corrected chi connectivity index (χ4v) is 2.65. The third kappa shape index (κ3) is 4.34. The quantitative estimate of drug-likeness (QED) is 0.409. The van der Waals surface area contributed by atoms with Crippen molar-refractivity contribution in [2.45, 2.75) is 25.8 Å². The van der Waals surface area contributed by atoms with Gasteiger partial charge in [-0.3, -0.25) is 11.3 Å². The molecule has 0 fully saturated rings. The van der Waals surface area contributed by atoms with Gasteiger partial charge in [0, 0.05) is 18.8 Å². The zero-order chi connectivity index (χ0) is 15.0. The summed E-state index contributed by atoms with van der Waals surface area (Å²) in [5.74, 6) is 7.11. The van der Waals surface area contributed by atoms with E-state index in [1.54, 1.807) is 14.2 Å². The van der Waals surface area contributed by atoms with E-state index in [-0.39, 0.29) is 6.04 Å². The van der Waals surface area contributed by atoms with E-state index in [4.69, 9.17) is 20.1 Å². The van der Waals surface area contributed by atoms with E-state index in [2.05, 4.69) is 28.3 Å². The van der Waals surface area contributed by atoms with Crippen LogP contribution in [0.4, 0.5) is 0 Å². The zero-order valence-electron chi connectivity index (χ0n) is 12.2. The van der Waals surface area contributed by atoms with Gasteiger partial charge in [0.25, 0.3) is 0 Å². The average Bonchev–Trinajstić information content (AvgIpc) is 2.47. The Balaban J connectivity index is 2.88. The fourth-order valence-electron chi connectivity index (χ4n) is 1.97. The smallest absolute Gasteiger partial charge is 0.141 e. The molecule has 0 saturated heterocycles. The largest absolute Gasteiger partial charge is 0.495 e. The Hall–Kier alpha value is -0.820. The molecule has 114 valence electrons. The normalized spacial score (nSPS) is 12.2. The summed E-state index contributed by atoms with van der Waals surface area (Å²) in [6, 6.07) is 3.80. The van der Waals surface area contributed by atoms with Crippen molar-refractivity contribution in [3.63, 3.8) is 0 Å². The molecule has 1 rings (SSSR count). The van der Waals surface area contributed by atoms with Crippen LogP contribution in [0.5, 0.6) is 11.5 Å². The SMILES string of the molecule is CCCOCCC(NN)c1ccc(OC)c(Br)c1OC. The van der Waals surface area contributed by atoms with Crippen LogP contribution in [0.1, 0.15) is 31.4 Å². The maximum absolute atomic E-state index is 5.66. The molecular weight excluding hydrogens is 324 g/mol. The van der Waals surface area contributed by atoms with Gasteiger partial charge in [0.15, 0.2) is 0 Å². The monoisotopic (exact) mass is 346 g/mol. The summed E-state index contributed by atoms with van der Waals surface area (Å²) in [5, 5.41) is 0. The van der Waals surface area contributed by atoms with E-state index < -0.39 is 0 Å². The van der Waals surface area contributed by atoms with Gasteiger partial charge in [-0.15, -0.1) is 0 Å². The molecule has 1 atom stereocenters. The molecule has 20 heavy (non-hydrogen) atoms. The van der Waals surface area contributed by atoms with Crippen LogP contribution in [0, 0.1) is 0 Å². The van der Waals surface area contributed by atoms with Crippen LogP contribution in [0.15, 0.2) is 16.6 Å². The number of benzene rings is 1. The lowest BCUT2D eigenvalue weighted by molar-refractivity contribution is 0.124. The van der Waals surface area contributed by atoms with Gasteiger partial charge >= 0.3 is 0 Å². The molecule has 0 bridgehead atoms. The van der Waals surface area contributed by atoms with Crippen molar-refractivity contribution < 1.29 is 14.2 Å². The molecule has 0 aliphatic carbocycles. The molecule has 0 amide bonds. The number of ether oxygens (including phenoxy) is 3. The molecule has 1 aromatic rings. The van der Waals surface area contributed by atoms with Crippen molar-refractivity contribution in [1.82, 2.24) is 5.43 Å². The predicted octanol–water partition coefficient (Wildman–Crippen LogP) is 2.79. The minimum atomic E-state index is -0.0380. The van der Waals surface area contributed by atoms with Gasteiger partial charge in [0.2, 0.25) is 0 Å². The zero-order valence-corrected chi connectivity index (χ0v) is 13.8. The Morgan fingerprint density at radius 3 is 2.55 bits per heavy atom. The van der Waals surface area contributed by atoms with Gasteiger partial charge in [-0.25, -0.2) is 0 Å². The highest BCUT2D eigenvalue weighted by Crippen LogP contribution is 2.40. The number of nitrogens with one attached hydrogen (secondary N) is 1. The second-order valence-electron chi connectivity index (χ2n) is 4.32. The number of nitrogens with two attached hydrogens (primary N) is 1. The summed E-state index contributed by atoms with van der Waals surface area (Å²) >= 11 is 3.49. The molecule has 0 heterocycles. The molecule has 0 aromatic heterocycles. The molecule has 0 radical (unpaired) electrons. The van der Waals surface area contributed by atoms with Crippen LogP contribution < -0.4 is 20.7 Å². The lowest BCUT2D eigenvalue weighted by Crippen LogP contribution is -2.29. The number of halogens is 1. The first kappa shape index (κ1) is 17.2. The third-order valence-corrected chi connectivity index (χ3v) is 3.74. The van der Waals surface area contributed by atoms with Crippen molar-refractivity contribution in [3.05, 3.63) is 22.2 Å². The van der Waals surface area contributed by atoms with E-state index in [0.717, 1.165) is 41.0 Å². The molecule has 1 unspecified atom stereocenters. The first-order chi connectivity index (χ1) is 9.69. The average molecular weight is 347 g/mol. The van der Waals surface area contributed by atoms with Crippen molar-refractivity contribution in [2.75, 3.05) is 27.4 Å². The number of rotatable bonds is 9. The van der Waals surface area contributed by atoms with Crippen molar-refractivity contribution in [1.29, 1.82) is 0 Å². The van der Waals surface area contributed by atoms with Crippen molar-refractivity contribution >= 4 is 15.9 Å².